The van der Waals surface area contributed by atoms with Gasteiger partial charge in [-0.2, -0.15) is 5.10 Å². The molecule has 1 fully saturated rings. The van der Waals surface area contributed by atoms with Gasteiger partial charge < -0.3 is 0 Å². The minimum absolute atomic E-state index is 0.0319. The van der Waals surface area contributed by atoms with Crippen molar-refractivity contribution < 1.29 is 0 Å². The molecule has 108 valence electrons. The van der Waals surface area contributed by atoms with E-state index in [1.807, 2.05) is 11.7 Å². The number of nitrogens with one attached hydrogen (secondary N) is 1. The minimum Gasteiger partial charge on any atom is -0.296 e. The topological polar surface area (TPSA) is 59.1 Å². The lowest BCUT2D eigenvalue weighted by molar-refractivity contribution is 0.0807. The Kier molecular flexibility index (Phi) is 4.50. The second kappa shape index (κ2) is 5.79. The number of likely N-dealkylation sites (tertiary alicyclic amines) is 1. The van der Waals surface area contributed by atoms with Gasteiger partial charge >= 0.3 is 0 Å². The molecule has 0 saturated carbocycles. The molecular formula is C13H24ClN5. The molecule has 0 radical (unpaired) electrons. The zero-order valence-electron chi connectivity index (χ0n) is 12.0. The first kappa shape index (κ1) is 14.8. The van der Waals surface area contributed by atoms with Crippen molar-refractivity contribution in [3.8, 4) is 0 Å². The maximum atomic E-state index is 6.29. The summed E-state index contributed by atoms with van der Waals surface area (Å²) in [5.41, 5.74) is 3.87. The van der Waals surface area contributed by atoms with Gasteiger partial charge in [0.15, 0.2) is 0 Å². The molecular weight excluding hydrogens is 262 g/mol. The van der Waals surface area contributed by atoms with Gasteiger partial charge in [-0.3, -0.25) is 15.4 Å². The monoisotopic (exact) mass is 285 g/mol. The van der Waals surface area contributed by atoms with Crippen LogP contribution in [0, 0.1) is 0 Å². The van der Waals surface area contributed by atoms with Gasteiger partial charge in [0, 0.05) is 12.6 Å². The summed E-state index contributed by atoms with van der Waals surface area (Å²) < 4.78 is 1.82. The maximum Gasteiger partial charge on any atom is 0.0835 e. The highest BCUT2D eigenvalue weighted by atomic mass is 35.5. The summed E-state index contributed by atoms with van der Waals surface area (Å²) in [5.74, 6) is 5.85. The molecule has 1 aromatic rings. The van der Waals surface area contributed by atoms with Crippen molar-refractivity contribution in [3.05, 3.63) is 16.9 Å². The Bertz CT molecular complexity index is 407. The van der Waals surface area contributed by atoms with Crippen molar-refractivity contribution in [2.24, 2.45) is 12.9 Å². The number of halogens is 1. The van der Waals surface area contributed by atoms with Crippen LogP contribution in [0.2, 0.25) is 5.02 Å². The first-order valence-corrected chi connectivity index (χ1v) is 7.31. The lowest BCUT2D eigenvalue weighted by Crippen LogP contribution is -2.55. The molecule has 2 unspecified atom stereocenters. The van der Waals surface area contributed by atoms with E-state index >= 15 is 0 Å². The Labute approximate surface area is 120 Å². The minimum atomic E-state index is -0.0529. The summed E-state index contributed by atoms with van der Waals surface area (Å²) in [6.45, 7) is 6.70. The Morgan fingerprint density at radius 1 is 1.53 bits per heavy atom. The third-order valence-corrected chi connectivity index (χ3v) is 4.84. The van der Waals surface area contributed by atoms with E-state index in [0.29, 0.717) is 5.02 Å². The van der Waals surface area contributed by atoms with Gasteiger partial charge in [0.25, 0.3) is 0 Å². The predicted octanol–water partition coefficient (Wildman–Crippen LogP) is 1.84. The van der Waals surface area contributed by atoms with Crippen molar-refractivity contribution >= 4 is 11.6 Å². The zero-order chi connectivity index (χ0) is 14.0. The number of hydrogen-bond donors (Lipinski definition) is 2. The smallest absolute Gasteiger partial charge is 0.0835 e. The molecule has 0 bridgehead atoms. The van der Waals surface area contributed by atoms with E-state index in [1.54, 1.807) is 6.20 Å². The van der Waals surface area contributed by atoms with Crippen LogP contribution < -0.4 is 11.3 Å². The lowest BCUT2D eigenvalue weighted by atomic mass is 9.85. The van der Waals surface area contributed by atoms with E-state index in [0.717, 1.165) is 25.2 Å². The molecule has 2 heterocycles. The van der Waals surface area contributed by atoms with Gasteiger partial charge in [0.05, 0.1) is 23.0 Å². The van der Waals surface area contributed by atoms with Crippen molar-refractivity contribution in [2.45, 2.75) is 44.7 Å². The number of hydrazine groups is 1. The van der Waals surface area contributed by atoms with Gasteiger partial charge in [-0.05, 0) is 39.3 Å². The van der Waals surface area contributed by atoms with Crippen molar-refractivity contribution in [3.63, 3.8) is 0 Å². The van der Waals surface area contributed by atoms with E-state index < -0.39 is 0 Å². The summed E-state index contributed by atoms with van der Waals surface area (Å²) in [6, 6.07) is -0.0319. The molecule has 1 saturated heterocycles. The summed E-state index contributed by atoms with van der Waals surface area (Å²) in [7, 11) is 1.91. The molecule has 6 heteroatoms. The quantitative estimate of drug-likeness (QED) is 0.640. The number of rotatable bonds is 5. The summed E-state index contributed by atoms with van der Waals surface area (Å²) in [4.78, 5) is 2.51. The van der Waals surface area contributed by atoms with Crippen LogP contribution in [0.25, 0.3) is 0 Å². The maximum absolute atomic E-state index is 6.29. The van der Waals surface area contributed by atoms with Gasteiger partial charge in [-0.1, -0.05) is 18.5 Å². The fourth-order valence-corrected chi connectivity index (χ4v) is 3.41. The van der Waals surface area contributed by atoms with Crippen LogP contribution in [-0.2, 0) is 7.05 Å². The normalized spacial score (nSPS) is 21.5. The van der Waals surface area contributed by atoms with E-state index in [4.69, 9.17) is 17.4 Å². The van der Waals surface area contributed by atoms with Crippen molar-refractivity contribution in [2.75, 3.05) is 13.1 Å². The van der Waals surface area contributed by atoms with E-state index in [1.165, 1.54) is 12.8 Å². The van der Waals surface area contributed by atoms with Crippen LogP contribution in [0.5, 0.6) is 0 Å². The largest absolute Gasteiger partial charge is 0.296 e. The molecule has 3 N–H and O–H groups in total. The van der Waals surface area contributed by atoms with Gasteiger partial charge in [-0.15, -0.1) is 0 Å². The Morgan fingerprint density at radius 3 is 2.58 bits per heavy atom. The molecule has 0 aromatic carbocycles. The summed E-state index contributed by atoms with van der Waals surface area (Å²) in [5, 5.41) is 4.90. The third kappa shape index (κ3) is 2.52. The van der Waals surface area contributed by atoms with Crippen molar-refractivity contribution in [1.82, 2.24) is 20.1 Å². The number of hydrogen-bond acceptors (Lipinski definition) is 4. The van der Waals surface area contributed by atoms with Gasteiger partial charge in [0.1, 0.15) is 0 Å². The highest BCUT2D eigenvalue weighted by Gasteiger charge is 2.41. The predicted molar refractivity (Wildman–Crippen MR) is 77.8 cm³/mol. The van der Waals surface area contributed by atoms with E-state index in [9.17, 15) is 0 Å². The SMILES string of the molecule is CCC(C)(C(NN)c1c(Cl)cnn1C)N1CCCC1. The standard InChI is InChI=1S/C13H24ClN5/c1-4-13(2,19-7-5-6-8-19)12(17-15)11-10(14)9-16-18(11)3/h9,12,17H,4-8,15H2,1-3H3. The Hall–Kier alpha value is -0.620. The van der Waals surface area contributed by atoms with E-state index in [2.05, 4.69) is 29.3 Å². The van der Waals surface area contributed by atoms with Crippen LogP contribution in [-0.4, -0.2) is 33.3 Å². The molecule has 2 atom stereocenters. The molecule has 1 aliphatic rings. The van der Waals surface area contributed by atoms with Gasteiger partial charge in [-0.25, -0.2) is 5.43 Å². The Balaban J connectivity index is 2.38. The van der Waals surface area contributed by atoms with E-state index in [-0.39, 0.29) is 11.6 Å². The second-order valence-electron chi connectivity index (χ2n) is 5.51. The fraction of sp³-hybridized carbons (Fsp3) is 0.769. The molecule has 5 nitrogen and oxygen atoms in total. The third-order valence-electron chi connectivity index (χ3n) is 4.54. The number of aryl methyl sites for hydroxylation is 1. The molecule has 0 spiro atoms. The molecule has 1 aromatic heterocycles. The Morgan fingerprint density at radius 2 is 2.16 bits per heavy atom. The fourth-order valence-electron chi connectivity index (χ4n) is 3.14. The lowest BCUT2D eigenvalue weighted by Gasteiger charge is -2.44. The molecule has 2 rings (SSSR count). The second-order valence-corrected chi connectivity index (χ2v) is 5.91. The van der Waals surface area contributed by atoms with Crippen LogP contribution in [0.3, 0.4) is 0 Å². The zero-order valence-corrected chi connectivity index (χ0v) is 12.7. The number of aromatic nitrogens is 2. The first-order chi connectivity index (χ1) is 9.04. The average molecular weight is 286 g/mol. The first-order valence-electron chi connectivity index (χ1n) is 6.93. The number of nitrogens with zero attached hydrogens (tertiary/aromatic N) is 3. The molecule has 19 heavy (non-hydrogen) atoms. The highest BCUT2D eigenvalue weighted by Crippen LogP contribution is 2.38. The number of nitrogens with two attached hydrogens (primary N) is 1. The van der Waals surface area contributed by atoms with Crippen molar-refractivity contribution in [1.29, 1.82) is 0 Å². The molecule has 1 aliphatic heterocycles. The van der Waals surface area contributed by atoms with Gasteiger partial charge in [0.2, 0.25) is 0 Å². The molecule has 0 aliphatic carbocycles. The van der Waals surface area contributed by atoms with Crippen LogP contribution in [0.4, 0.5) is 0 Å². The molecule has 0 amide bonds. The van der Waals surface area contributed by atoms with Crippen LogP contribution in [0.1, 0.15) is 44.8 Å². The average Bonchev–Trinajstić information content (AvgIpc) is 3.04. The highest BCUT2D eigenvalue weighted by molar-refractivity contribution is 6.31. The van der Waals surface area contributed by atoms with Crippen LogP contribution >= 0.6 is 11.6 Å². The summed E-state index contributed by atoms with van der Waals surface area (Å²) in [6.07, 6.45) is 5.20. The summed E-state index contributed by atoms with van der Waals surface area (Å²) >= 11 is 6.29. The van der Waals surface area contributed by atoms with Crippen LogP contribution in [0.15, 0.2) is 6.20 Å².